The highest BCUT2D eigenvalue weighted by Crippen LogP contribution is 2.20. The number of hydrogen-bond donors (Lipinski definition) is 0. The zero-order valence-corrected chi connectivity index (χ0v) is 15.2. The van der Waals surface area contributed by atoms with Crippen molar-refractivity contribution in [1.29, 1.82) is 0 Å². The Morgan fingerprint density at radius 1 is 1.22 bits per heavy atom. The zero-order valence-electron chi connectivity index (χ0n) is 15.2. The fourth-order valence-electron chi connectivity index (χ4n) is 2.62. The van der Waals surface area contributed by atoms with Crippen LogP contribution in [0.3, 0.4) is 0 Å². The molecule has 2 aromatic carbocycles. The first-order valence-electron chi connectivity index (χ1n) is 8.50. The van der Waals surface area contributed by atoms with E-state index in [4.69, 9.17) is 9.26 Å². The van der Waals surface area contributed by atoms with Gasteiger partial charge >= 0.3 is 0 Å². The van der Waals surface area contributed by atoms with Crippen LogP contribution in [0.15, 0.2) is 53.1 Å². The topological polar surface area (TPSA) is 68.5 Å². The van der Waals surface area contributed by atoms with E-state index in [0.717, 1.165) is 16.9 Å². The van der Waals surface area contributed by atoms with E-state index in [1.165, 1.54) is 12.1 Å². The first-order chi connectivity index (χ1) is 13.0. The molecule has 0 radical (unpaired) electrons. The normalized spacial score (nSPS) is 10.6. The molecule has 140 valence electrons. The number of benzene rings is 2. The van der Waals surface area contributed by atoms with Crippen molar-refractivity contribution in [2.75, 3.05) is 14.2 Å². The van der Waals surface area contributed by atoms with Gasteiger partial charge in [0.15, 0.2) is 0 Å². The number of ether oxygens (including phenoxy) is 1. The van der Waals surface area contributed by atoms with Crippen LogP contribution in [0, 0.1) is 5.82 Å². The van der Waals surface area contributed by atoms with E-state index in [9.17, 15) is 9.18 Å². The van der Waals surface area contributed by atoms with Gasteiger partial charge in [-0.15, -0.1) is 0 Å². The molecule has 3 aromatic rings. The largest absolute Gasteiger partial charge is 0.497 e. The molecule has 3 rings (SSSR count). The Labute approximate surface area is 156 Å². The summed E-state index contributed by atoms with van der Waals surface area (Å²) >= 11 is 0. The molecule has 0 saturated carbocycles. The van der Waals surface area contributed by atoms with E-state index < -0.39 is 0 Å². The van der Waals surface area contributed by atoms with Crippen LogP contribution in [0.5, 0.6) is 5.75 Å². The Morgan fingerprint density at radius 2 is 2.00 bits per heavy atom. The molecule has 0 unspecified atom stereocenters. The molecule has 0 N–H and O–H groups in total. The quantitative estimate of drug-likeness (QED) is 0.638. The summed E-state index contributed by atoms with van der Waals surface area (Å²) < 4.78 is 23.6. The summed E-state index contributed by atoms with van der Waals surface area (Å²) in [6.07, 6.45) is 0.575. The molecule has 0 saturated heterocycles. The van der Waals surface area contributed by atoms with Crippen LogP contribution in [0.1, 0.15) is 17.9 Å². The van der Waals surface area contributed by atoms with Crippen LogP contribution in [0.2, 0.25) is 0 Å². The molecular weight excluding hydrogens is 349 g/mol. The number of nitrogens with zero attached hydrogens (tertiary/aromatic N) is 3. The van der Waals surface area contributed by atoms with E-state index >= 15 is 0 Å². The van der Waals surface area contributed by atoms with E-state index in [2.05, 4.69) is 10.1 Å². The molecule has 0 spiro atoms. The maximum absolute atomic E-state index is 13.2. The van der Waals surface area contributed by atoms with Gasteiger partial charge in [-0.3, -0.25) is 4.79 Å². The summed E-state index contributed by atoms with van der Waals surface area (Å²) in [5.74, 6) is 1.21. The average Bonchev–Trinajstić information content (AvgIpc) is 3.15. The fourth-order valence-corrected chi connectivity index (χ4v) is 2.62. The molecule has 27 heavy (non-hydrogen) atoms. The maximum atomic E-state index is 13.2. The predicted molar refractivity (Wildman–Crippen MR) is 97.5 cm³/mol. The van der Waals surface area contributed by atoms with Crippen LogP contribution in [0.25, 0.3) is 11.4 Å². The van der Waals surface area contributed by atoms with Gasteiger partial charge in [0.05, 0.1) is 7.11 Å². The third-order valence-electron chi connectivity index (χ3n) is 4.10. The molecule has 0 bridgehead atoms. The van der Waals surface area contributed by atoms with Gasteiger partial charge in [0.2, 0.25) is 17.6 Å². The van der Waals surface area contributed by atoms with Gasteiger partial charge in [0.25, 0.3) is 0 Å². The molecule has 7 heteroatoms. The summed E-state index contributed by atoms with van der Waals surface area (Å²) in [5.41, 5.74) is 1.55. The van der Waals surface area contributed by atoms with Crippen molar-refractivity contribution >= 4 is 5.91 Å². The van der Waals surface area contributed by atoms with Gasteiger partial charge in [-0.1, -0.05) is 17.3 Å². The van der Waals surface area contributed by atoms with E-state index in [1.54, 1.807) is 31.2 Å². The lowest BCUT2D eigenvalue weighted by atomic mass is 10.2. The van der Waals surface area contributed by atoms with Gasteiger partial charge in [0, 0.05) is 32.0 Å². The molecule has 0 fully saturated rings. The van der Waals surface area contributed by atoms with Crippen molar-refractivity contribution in [1.82, 2.24) is 15.0 Å². The number of amides is 1. The highest BCUT2D eigenvalue weighted by atomic mass is 19.1. The fraction of sp³-hybridized carbons (Fsp3) is 0.250. The Balaban J connectivity index is 1.55. The van der Waals surface area contributed by atoms with Crippen molar-refractivity contribution in [3.63, 3.8) is 0 Å². The minimum Gasteiger partial charge on any atom is -0.497 e. The lowest BCUT2D eigenvalue weighted by Gasteiger charge is -2.16. The number of aromatic nitrogens is 2. The minimum atomic E-state index is -0.315. The molecule has 1 heterocycles. The van der Waals surface area contributed by atoms with E-state index in [0.29, 0.717) is 24.7 Å². The number of rotatable bonds is 7. The number of methoxy groups -OCH3 is 1. The standard InChI is InChI=1S/C20H20FN3O3/c1-24(13-14-4-3-5-16(21)12-14)19(25)11-10-18-22-20(23-27-18)15-6-8-17(26-2)9-7-15/h3-9,12H,10-11,13H2,1-2H3. The summed E-state index contributed by atoms with van der Waals surface area (Å²) in [4.78, 5) is 18.2. The predicted octanol–water partition coefficient (Wildman–Crippen LogP) is 3.48. The van der Waals surface area contributed by atoms with Crippen molar-refractivity contribution in [3.05, 3.63) is 65.8 Å². The summed E-state index contributed by atoms with van der Waals surface area (Å²) in [6.45, 7) is 0.345. The first-order valence-corrected chi connectivity index (χ1v) is 8.50. The lowest BCUT2D eigenvalue weighted by Crippen LogP contribution is -2.26. The first kappa shape index (κ1) is 18.6. The Morgan fingerprint density at radius 3 is 2.70 bits per heavy atom. The van der Waals surface area contributed by atoms with Gasteiger partial charge in [-0.05, 0) is 42.0 Å². The molecule has 1 aromatic heterocycles. The second-order valence-corrected chi connectivity index (χ2v) is 6.12. The van der Waals surface area contributed by atoms with Crippen molar-refractivity contribution in [2.45, 2.75) is 19.4 Å². The van der Waals surface area contributed by atoms with Gasteiger partial charge < -0.3 is 14.2 Å². The Hall–Kier alpha value is -3.22. The van der Waals surface area contributed by atoms with Crippen molar-refractivity contribution in [3.8, 4) is 17.1 Å². The van der Waals surface area contributed by atoms with Gasteiger partial charge in [-0.2, -0.15) is 4.98 Å². The SMILES string of the molecule is COc1ccc(-c2noc(CCC(=O)N(C)Cc3cccc(F)c3)n2)cc1. The highest BCUT2D eigenvalue weighted by Gasteiger charge is 2.14. The van der Waals surface area contributed by atoms with Crippen molar-refractivity contribution in [2.24, 2.45) is 0 Å². The lowest BCUT2D eigenvalue weighted by molar-refractivity contribution is -0.130. The zero-order chi connectivity index (χ0) is 19.2. The average molecular weight is 369 g/mol. The smallest absolute Gasteiger partial charge is 0.227 e. The second-order valence-electron chi connectivity index (χ2n) is 6.12. The number of carbonyl (C=O) groups excluding carboxylic acids is 1. The minimum absolute atomic E-state index is 0.0801. The van der Waals surface area contributed by atoms with Crippen LogP contribution in [-0.4, -0.2) is 35.1 Å². The summed E-state index contributed by atoms with van der Waals surface area (Å²) in [6, 6.07) is 13.5. The van der Waals surface area contributed by atoms with Gasteiger partial charge in [0.1, 0.15) is 11.6 Å². The Bertz CT molecular complexity index is 909. The van der Waals surface area contributed by atoms with Crippen LogP contribution in [0.4, 0.5) is 4.39 Å². The van der Waals surface area contributed by atoms with Crippen LogP contribution in [-0.2, 0) is 17.8 Å². The van der Waals surface area contributed by atoms with Crippen molar-refractivity contribution < 1.29 is 18.4 Å². The van der Waals surface area contributed by atoms with Gasteiger partial charge in [-0.25, -0.2) is 4.39 Å². The number of carbonyl (C=O) groups is 1. The second kappa shape index (κ2) is 8.44. The molecule has 0 atom stereocenters. The number of hydrogen-bond acceptors (Lipinski definition) is 5. The van der Waals surface area contributed by atoms with E-state index in [1.807, 2.05) is 24.3 Å². The molecule has 1 amide bonds. The van der Waals surface area contributed by atoms with E-state index in [-0.39, 0.29) is 18.1 Å². The summed E-state index contributed by atoms with van der Waals surface area (Å²) in [5, 5.41) is 3.95. The number of halogens is 1. The highest BCUT2D eigenvalue weighted by molar-refractivity contribution is 5.76. The third-order valence-corrected chi connectivity index (χ3v) is 4.10. The molecular formula is C20H20FN3O3. The summed E-state index contributed by atoms with van der Waals surface area (Å²) in [7, 11) is 3.29. The van der Waals surface area contributed by atoms with Crippen LogP contribution >= 0.6 is 0 Å². The molecule has 0 aliphatic rings. The molecule has 0 aliphatic carbocycles. The van der Waals surface area contributed by atoms with Crippen LogP contribution < -0.4 is 4.74 Å². The monoisotopic (exact) mass is 369 g/mol. The number of aryl methyl sites for hydroxylation is 1. The maximum Gasteiger partial charge on any atom is 0.227 e. The Kier molecular flexibility index (Phi) is 5.80. The third kappa shape index (κ3) is 4.91. The molecule has 6 nitrogen and oxygen atoms in total. The molecule has 0 aliphatic heterocycles.